The molecule has 1 nitrogen and oxygen atoms in total. The van der Waals surface area contributed by atoms with Crippen LogP contribution >= 0.6 is 0 Å². The number of hydrogen-bond acceptors (Lipinski definition) is 1. The van der Waals surface area contributed by atoms with E-state index in [1.165, 1.54) is 12.1 Å². The predicted molar refractivity (Wildman–Crippen MR) is 55.7 cm³/mol. The first kappa shape index (κ1) is 10.6. The Labute approximate surface area is 88.5 Å². The molecule has 1 saturated heterocycles. The van der Waals surface area contributed by atoms with E-state index in [9.17, 15) is 8.78 Å². The first-order valence-corrected chi connectivity index (χ1v) is 5.33. The number of hydrogen-bond donors (Lipinski definition) is 1. The summed E-state index contributed by atoms with van der Waals surface area (Å²) in [4.78, 5) is 0. The molecule has 1 N–H and O–H groups in total. The SMILES string of the molecule is CC1CCNCC1c1cc(F)cc(F)c1. The molecule has 1 aliphatic heterocycles. The second kappa shape index (κ2) is 4.27. The second-order valence-electron chi connectivity index (χ2n) is 4.28. The fourth-order valence-electron chi connectivity index (χ4n) is 2.23. The third-order valence-electron chi connectivity index (χ3n) is 3.14. The van der Waals surface area contributed by atoms with Gasteiger partial charge in [0.2, 0.25) is 0 Å². The lowest BCUT2D eigenvalue weighted by molar-refractivity contribution is 0.346. The molecule has 2 rings (SSSR count). The van der Waals surface area contributed by atoms with Gasteiger partial charge in [0.05, 0.1) is 0 Å². The van der Waals surface area contributed by atoms with Gasteiger partial charge in [0.25, 0.3) is 0 Å². The fourth-order valence-corrected chi connectivity index (χ4v) is 2.23. The molecule has 0 bridgehead atoms. The van der Waals surface area contributed by atoms with Gasteiger partial charge in [-0.25, -0.2) is 8.78 Å². The summed E-state index contributed by atoms with van der Waals surface area (Å²) in [5, 5.41) is 3.26. The minimum Gasteiger partial charge on any atom is -0.316 e. The monoisotopic (exact) mass is 211 g/mol. The molecule has 2 unspecified atom stereocenters. The summed E-state index contributed by atoms with van der Waals surface area (Å²) in [7, 11) is 0. The third-order valence-corrected chi connectivity index (χ3v) is 3.14. The summed E-state index contributed by atoms with van der Waals surface area (Å²) >= 11 is 0. The number of rotatable bonds is 1. The highest BCUT2D eigenvalue weighted by atomic mass is 19.1. The maximum atomic E-state index is 13.0. The minimum atomic E-state index is -0.484. The molecule has 2 atom stereocenters. The van der Waals surface area contributed by atoms with Crippen molar-refractivity contribution in [3.05, 3.63) is 35.4 Å². The van der Waals surface area contributed by atoms with Crippen LogP contribution < -0.4 is 5.32 Å². The molecule has 82 valence electrons. The number of nitrogens with one attached hydrogen (secondary N) is 1. The van der Waals surface area contributed by atoms with Crippen molar-refractivity contribution in [2.45, 2.75) is 19.3 Å². The van der Waals surface area contributed by atoms with E-state index in [-0.39, 0.29) is 5.92 Å². The number of piperidine rings is 1. The summed E-state index contributed by atoms with van der Waals surface area (Å²) in [6.45, 7) is 3.94. The zero-order chi connectivity index (χ0) is 10.8. The van der Waals surface area contributed by atoms with Crippen LogP contribution in [-0.2, 0) is 0 Å². The van der Waals surface area contributed by atoms with E-state index in [1.54, 1.807) is 0 Å². The van der Waals surface area contributed by atoms with E-state index < -0.39 is 11.6 Å². The van der Waals surface area contributed by atoms with E-state index in [0.29, 0.717) is 5.92 Å². The Morgan fingerprint density at radius 1 is 1.20 bits per heavy atom. The molecule has 1 aromatic carbocycles. The molecule has 0 saturated carbocycles. The molecular formula is C12H15F2N. The molecule has 0 spiro atoms. The first-order chi connectivity index (χ1) is 7.16. The van der Waals surface area contributed by atoms with Gasteiger partial charge in [-0.3, -0.25) is 0 Å². The minimum absolute atomic E-state index is 0.226. The van der Waals surface area contributed by atoms with Crippen molar-refractivity contribution in [2.24, 2.45) is 5.92 Å². The Morgan fingerprint density at radius 2 is 1.87 bits per heavy atom. The highest BCUT2D eigenvalue weighted by molar-refractivity contribution is 5.23. The van der Waals surface area contributed by atoms with Crippen molar-refractivity contribution < 1.29 is 8.78 Å². The van der Waals surface area contributed by atoms with E-state index in [2.05, 4.69) is 12.2 Å². The van der Waals surface area contributed by atoms with Crippen LogP contribution in [0.2, 0.25) is 0 Å². The van der Waals surface area contributed by atoms with Crippen molar-refractivity contribution in [1.82, 2.24) is 5.32 Å². The van der Waals surface area contributed by atoms with Gasteiger partial charge in [-0.05, 0) is 42.5 Å². The number of benzene rings is 1. The lowest BCUT2D eigenvalue weighted by Gasteiger charge is -2.29. The summed E-state index contributed by atoms with van der Waals surface area (Å²) in [5.41, 5.74) is 0.771. The van der Waals surface area contributed by atoms with Crippen molar-refractivity contribution in [1.29, 1.82) is 0 Å². The Bertz CT molecular complexity index is 331. The molecule has 1 aromatic rings. The van der Waals surface area contributed by atoms with Gasteiger partial charge >= 0.3 is 0 Å². The van der Waals surface area contributed by atoms with Crippen LogP contribution in [0.15, 0.2) is 18.2 Å². The molecule has 0 aliphatic carbocycles. The van der Waals surface area contributed by atoms with Crippen LogP contribution in [0.1, 0.15) is 24.8 Å². The predicted octanol–water partition coefficient (Wildman–Crippen LogP) is 2.68. The van der Waals surface area contributed by atoms with Crippen molar-refractivity contribution in [3.63, 3.8) is 0 Å². The van der Waals surface area contributed by atoms with E-state index in [4.69, 9.17) is 0 Å². The van der Waals surface area contributed by atoms with Gasteiger partial charge in [-0.15, -0.1) is 0 Å². The standard InChI is InChI=1S/C12H15F2N/c1-8-2-3-15-7-12(8)9-4-10(13)6-11(14)5-9/h4-6,8,12,15H,2-3,7H2,1H3. The van der Waals surface area contributed by atoms with Crippen LogP contribution in [-0.4, -0.2) is 13.1 Å². The molecule has 15 heavy (non-hydrogen) atoms. The van der Waals surface area contributed by atoms with Crippen LogP contribution in [0.4, 0.5) is 8.78 Å². The summed E-state index contributed by atoms with van der Waals surface area (Å²) in [6.07, 6.45) is 1.06. The largest absolute Gasteiger partial charge is 0.316 e. The number of halogens is 2. The van der Waals surface area contributed by atoms with Crippen LogP contribution in [0.25, 0.3) is 0 Å². The molecule has 1 aliphatic rings. The van der Waals surface area contributed by atoms with Crippen molar-refractivity contribution in [2.75, 3.05) is 13.1 Å². The van der Waals surface area contributed by atoms with Crippen LogP contribution in [0.5, 0.6) is 0 Å². The second-order valence-corrected chi connectivity index (χ2v) is 4.28. The van der Waals surface area contributed by atoms with E-state index in [1.807, 2.05) is 0 Å². The van der Waals surface area contributed by atoms with Gasteiger partial charge in [0.1, 0.15) is 11.6 Å². The Morgan fingerprint density at radius 3 is 2.47 bits per heavy atom. The smallest absolute Gasteiger partial charge is 0.126 e. The summed E-state index contributed by atoms with van der Waals surface area (Å²) in [6, 6.07) is 3.80. The molecule has 1 fully saturated rings. The Hall–Kier alpha value is -0.960. The molecule has 0 aromatic heterocycles. The molecule has 0 radical (unpaired) electrons. The quantitative estimate of drug-likeness (QED) is 0.753. The van der Waals surface area contributed by atoms with Gasteiger partial charge < -0.3 is 5.32 Å². The average molecular weight is 211 g/mol. The highest BCUT2D eigenvalue weighted by Gasteiger charge is 2.23. The van der Waals surface area contributed by atoms with E-state index >= 15 is 0 Å². The van der Waals surface area contributed by atoms with Crippen LogP contribution in [0.3, 0.4) is 0 Å². The van der Waals surface area contributed by atoms with Gasteiger partial charge in [-0.1, -0.05) is 6.92 Å². The maximum Gasteiger partial charge on any atom is 0.126 e. The Balaban J connectivity index is 2.27. The average Bonchev–Trinajstić information content (AvgIpc) is 2.16. The van der Waals surface area contributed by atoms with Gasteiger partial charge in [-0.2, -0.15) is 0 Å². The Kier molecular flexibility index (Phi) is 3.00. The van der Waals surface area contributed by atoms with Gasteiger partial charge in [0.15, 0.2) is 0 Å². The van der Waals surface area contributed by atoms with Crippen molar-refractivity contribution >= 4 is 0 Å². The summed E-state index contributed by atoms with van der Waals surface area (Å²) in [5.74, 6) is -0.262. The summed E-state index contributed by atoms with van der Waals surface area (Å²) < 4.78 is 26.1. The molecule has 1 heterocycles. The topological polar surface area (TPSA) is 12.0 Å². The molecule has 3 heteroatoms. The van der Waals surface area contributed by atoms with Crippen molar-refractivity contribution in [3.8, 4) is 0 Å². The zero-order valence-corrected chi connectivity index (χ0v) is 8.76. The van der Waals surface area contributed by atoms with Crippen LogP contribution in [0, 0.1) is 17.6 Å². The third kappa shape index (κ3) is 2.34. The molecule has 0 amide bonds. The maximum absolute atomic E-state index is 13.0. The lowest BCUT2D eigenvalue weighted by Crippen LogP contribution is -2.33. The first-order valence-electron chi connectivity index (χ1n) is 5.33. The molecular weight excluding hydrogens is 196 g/mol. The fraction of sp³-hybridized carbons (Fsp3) is 0.500. The van der Waals surface area contributed by atoms with Gasteiger partial charge in [0, 0.05) is 12.6 Å². The lowest BCUT2D eigenvalue weighted by atomic mass is 9.83. The normalized spacial score (nSPS) is 26.6. The highest BCUT2D eigenvalue weighted by Crippen LogP contribution is 2.29. The van der Waals surface area contributed by atoms with E-state index in [0.717, 1.165) is 31.1 Å². The zero-order valence-electron chi connectivity index (χ0n) is 8.76.